The van der Waals surface area contributed by atoms with Gasteiger partial charge in [0.2, 0.25) is 0 Å². The van der Waals surface area contributed by atoms with E-state index in [2.05, 4.69) is 5.10 Å². The standard InChI is InChI=1S/C6H9N3OS/c1-10-4-2-5(11-3-4)6(7)9-8/h2-3H,8H2,1H3,(H2,7,9). The van der Waals surface area contributed by atoms with E-state index in [4.69, 9.17) is 16.3 Å². The van der Waals surface area contributed by atoms with Crippen LogP contribution >= 0.6 is 11.3 Å². The highest BCUT2D eigenvalue weighted by atomic mass is 32.1. The first-order chi connectivity index (χ1) is 5.27. The van der Waals surface area contributed by atoms with E-state index in [1.54, 1.807) is 13.2 Å². The van der Waals surface area contributed by atoms with Crippen molar-refractivity contribution in [3.63, 3.8) is 0 Å². The minimum atomic E-state index is 0.332. The molecular weight excluding hydrogens is 162 g/mol. The molecule has 0 amide bonds. The van der Waals surface area contributed by atoms with E-state index >= 15 is 0 Å². The van der Waals surface area contributed by atoms with Crippen LogP contribution < -0.4 is 16.3 Å². The quantitative estimate of drug-likeness (QED) is 0.291. The van der Waals surface area contributed by atoms with Gasteiger partial charge in [0.1, 0.15) is 5.75 Å². The van der Waals surface area contributed by atoms with Crippen molar-refractivity contribution in [1.82, 2.24) is 0 Å². The van der Waals surface area contributed by atoms with E-state index in [1.165, 1.54) is 11.3 Å². The summed E-state index contributed by atoms with van der Waals surface area (Å²) >= 11 is 1.45. The van der Waals surface area contributed by atoms with Crippen LogP contribution in [0.4, 0.5) is 0 Å². The molecule has 1 rings (SSSR count). The van der Waals surface area contributed by atoms with E-state index < -0.39 is 0 Å². The predicted molar refractivity (Wildman–Crippen MR) is 45.8 cm³/mol. The SMILES string of the molecule is COc1csc(C(N)=NN)c1. The van der Waals surface area contributed by atoms with Crippen molar-refractivity contribution < 1.29 is 4.74 Å². The second kappa shape index (κ2) is 3.25. The zero-order valence-corrected chi connectivity index (χ0v) is 6.89. The lowest BCUT2D eigenvalue weighted by Crippen LogP contribution is -2.13. The second-order valence-electron chi connectivity index (χ2n) is 1.87. The Balaban J connectivity index is 2.89. The molecular formula is C6H9N3OS. The molecule has 4 N–H and O–H groups in total. The van der Waals surface area contributed by atoms with E-state index in [0.29, 0.717) is 5.84 Å². The number of ether oxygens (including phenoxy) is 1. The van der Waals surface area contributed by atoms with Crippen molar-refractivity contribution in [2.75, 3.05) is 7.11 Å². The lowest BCUT2D eigenvalue weighted by Gasteiger charge is -1.91. The number of nitrogens with two attached hydrogens (primary N) is 2. The molecule has 0 atom stereocenters. The average molecular weight is 171 g/mol. The fourth-order valence-corrected chi connectivity index (χ4v) is 1.39. The van der Waals surface area contributed by atoms with E-state index in [-0.39, 0.29) is 0 Å². The maximum Gasteiger partial charge on any atom is 0.160 e. The molecule has 0 fully saturated rings. The van der Waals surface area contributed by atoms with E-state index in [1.807, 2.05) is 5.38 Å². The Kier molecular flexibility index (Phi) is 2.32. The van der Waals surface area contributed by atoms with Gasteiger partial charge in [-0.3, -0.25) is 0 Å². The van der Waals surface area contributed by atoms with Crippen LogP contribution in [0.1, 0.15) is 4.88 Å². The molecule has 0 aliphatic rings. The summed E-state index contributed by atoms with van der Waals surface area (Å²) in [6.45, 7) is 0. The van der Waals surface area contributed by atoms with Gasteiger partial charge in [-0.25, -0.2) is 0 Å². The second-order valence-corrected chi connectivity index (χ2v) is 2.78. The van der Waals surface area contributed by atoms with Crippen LogP contribution in [0.2, 0.25) is 0 Å². The third-order valence-electron chi connectivity index (χ3n) is 1.20. The maximum absolute atomic E-state index is 5.44. The first-order valence-corrected chi connectivity index (χ1v) is 3.82. The van der Waals surface area contributed by atoms with Crippen molar-refractivity contribution in [2.45, 2.75) is 0 Å². The summed E-state index contributed by atoms with van der Waals surface area (Å²) in [6, 6.07) is 1.79. The van der Waals surface area contributed by atoms with Crippen molar-refractivity contribution in [1.29, 1.82) is 0 Å². The molecule has 0 aliphatic carbocycles. The molecule has 0 saturated heterocycles. The summed E-state index contributed by atoms with van der Waals surface area (Å²) in [4.78, 5) is 0.823. The summed E-state index contributed by atoms with van der Waals surface area (Å²) in [7, 11) is 1.60. The number of hydrogen-bond donors (Lipinski definition) is 2. The Morgan fingerprint density at radius 3 is 2.91 bits per heavy atom. The third-order valence-corrected chi connectivity index (χ3v) is 2.13. The summed E-state index contributed by atoms with van der Waals surface area (Å²) in [5.41, 5.74) is 5.44. The van der Waals surface area contributed by atoms with Crippen LogP contribution in [-0.4, -0.2) is 12.9 Å². The van der Waals surface area contributed by atoms with Gasteiger partial charge >= 0.3 is 0 Å². The van der Waals surface area contributed by atoms with Gasteiger partial charge in [0.25, 0.3) is 0 Å². The molecule has 0 spiro atoms. The van der Waals surface area contributed by atoms with Crippen LogP contribution in [0.3, 0.4) is 0 Å². The van der Waals surface area contributed by atoms with Gasteiger partial charge < -0.3 is 16.3 Å². The number of methoxy groups -OCH3 is 1. The van der Waals surface area contributed by atoms with Gasteiger partial charge in [0, 0.05) is 11.4 Å². The molecule has 5 heteroatoms. The van der Waals surface area contributed by atoms with E-state index in [9.17, 15) is 0 Å². The molecule has 0 saturated carbocycles. The highest BCUT2D eigenvalue weighted by Gasteiger charge is 2.02. The monoisotopic (exact) mass is 171 g/mol. The molecule has 1 aromatic heterocycles. The van der Waals surface area contributed by atoms with Gasteiger partial charge in [-0.15, -0.1) is 11.3 Å². The molecule has 1 heterocycles. The normalized spacial score (nSPS) is 11.5. The Labute approximate surface area is 68.5 Å². The molecule has 0 aliphatic heterocycles. The highest BCUT2D eigenvalue weighted by Crippen LogP contribution is 2.20. The fourth-order valence-electron chi connectivity index (χ4n) is 0.624. The largest absolute Gasteiger partial charge is 0.496 e. The number of amidine groups is 1. The number of rotatable bonds is 2. The summed E-state index contributed by atoms with van der Waals surface area (Å²) in [5, 5.41) is 5.20. The van der Waals surface area contributed by atoms with Crippen molar-refractivity contribution in [3.05, 3.63) is 16.3 Å². The molecule has 4 nitrogen and oxygen atoms in total. The molecule has 0 bridgehead atoms. The number of thiophene rings is 1. The molecule has 0 unspecified atom stereocenters. The lowest BCUT2D eigenvalue weighted by atomic mass is 10.4. The molecule has 11 heavy (non-hydrogen) atoms. The number of nitrogens with zero attached hydrogens (tertiary/aromatic N) is 1. The molecule has 0 radical (unpaired) electrons. The van der Waals surface area contributed by atoms with Gasteiger partial charge in [0.05, 0.1) is 12.0 Å². The van der Waals surface area contributed by atoms with Gasteiger partial charge in [-0.2, -0.15) is 5.10 Å². The zero-order valence-electron chi connectivity index (χ0n) is 6.07. The first-order valence-electron chi connectivity index (χ1n) is 2.94. The topological polar surface area (TPSA) is 73.6 Å². The van der Waals surface area contributed by atoms with Crippen LogP contribution in [0.15, 0.2) is 16.5 Å². The molecule has 1 aromatic rings. The summed E-state index contributed by atoms with van der Waals surface area (Å²) < 4.78 is 4.95. The smallest absolute Gasteiger partial charge is 0.160 e. The fraction of sp³-hybridized carbons (Fsp3) is 0.167. The van der Waals surface area contributed by atoms with Crippen molar-refractivity contribution in [2.24, 2.45) is 16.7 Å². The predicted octanol–water partition coefficient (Wildman–Crippen LogP) is 0.336. The summed E-state index contributed by atoms with van der Waals surface area (Å²) in [6.07, 6.45) is 0. The number of hydrazone groups is 1. The Morgan fingerprint density at radius 1 is 1.73 bits per heavy atom. The van der Waals surface area contributed by atoms with Crippen LogP contribution in [0.5, 0.6) is 5.75 Å². The third kappa shape index (κ3) is 1.62. The minimum absolute atomic E-state index is 0.332. The Morgan fingerprint density at radius 2 is 2.45 bits per heavy atom. The molecule has 60 valence electrons. The molecule has 0 aromatic carbocycles. The van der Waals surface area contributed by atoms with Gasteiger partial charge in [-0.05, 0) is 0 Å². The average Bonchev–Trinajstić information content (AvgIpc) is 2.50. The lowest BCUT2D eigenvalue weighted by molar-refractivity contribution is 0.416. The maximum atomic E-state index is 5.44. The van der Waals surface area contributed by atoms with Crippen LogP contribution in [0, 0.1) is 0 Å². The first kappa shape index (κ1) is 7.87. The van der Waals surface area contributed by atoms with E-state index in [0.717, 1.165) is 10.6 Å². The van der Waals surface area contributed by atoms with Gasteiger partial charge in [-0.1, -0.05) is 0 Å². The van der Waals surface area contributed by atoms with Crippen molar-refractivity contribution in [3.8, 4) is 5.75 Å². The van der Waals surface area contributed by atoms with Crippen molar-refractivity contribution >= 4 is 17.2 Å². The highest BCUT2D eigenvalue weighted by molar-refractivity contribution is 7.12. The van der Waals surface area contributed by atoms with Gasteiger partial charge in [0.15, 0.2) is 5.84 Å². The Bertz CT molecular complexity index is 269. The van der Waals surface area contributed by atoms with Crippen LogP contribution in [0.25, 0.3) is 0 Å². The summed E-state index contributed by atoms with van der Waals surface area (Å²) in [5.74, 6) is 6.09. The minimum Gasteiger partial charge on any atom is -0.496 e. The Hall–Kier alpha value is -1.23. The van der Waals surface area contributed by atoms with Crippen LogP contribution in [-0.2, 0) is 0 Å². The number of hydrogen-bond acceptors (Lipinski definition) is 4. The zero-order chi connectivity index (χ0) is 8.27.